The number of methoxy groups -OCH3 is 1. The molecule has 2 atom stereocenters. The van der Waals surface area contributed by atoms with E-state index in [9.17, 15) is 4.79 Å². The van der Waals surface area contributed by atoms with E-state index < -0.39 is 6.10 Å². The van der Waals surface area contributed by atoms with Crippen LogP contribution in [0.5, 0.6) is 0 Å². The van der Waals surface area contributed by atoms with E-state index in [1.807, 2.05) is 30.2 Å². The Bertz CT molecular complexity index is 626. The van der Waals surface area contributed by atoms with Gasteiger partial charge in [-0.2, -0.15) is 0 Å². The molecule has 4 nitrogen and oxygen atoms in total. The van der Waals surface area contributed by atoms with Crippen molar-refractivity contribution in [1.29, 1.82) is 0 Å². The van der Waals surface area contributed by atoms with Crippen LogP contribution in [0.2, 0.25) is 0 Å². The topological polar surface area (TPSA) is 42.4 Å². The Balaban J connectivity index is 2.48. The van der Waals surface area contributed by atoms with Gasteiger partial charge in [-0.25, -0.2) is 0 Å². The molecule has 0 N–H and O–H groups in total. The molecule has 4 heteroatoms. The second-order valence-electron chi connectivity index (χ2n) is 5.60. The molecule has 1 aromatic heterocycles. The van der Waals surface area contributed by atoms with Crippen molar-refractivity contribution in [3.05, 3.63) is 65.5 Å². The first-order chi connectivity index (χ1) is 11.1. The van der Waals surface area contributed by atoms with Gasteiger partial charge in [0.1, 0.15) is 6.10 Å². The maximum absolute atomic E-state index is 12.7. The standard InChI is InChI=1S/C19H24N2O2/c1-5-21(19(22)15(3)23-4)18(17-7-6-12-20-13-17)16-10-8-14(2)9-11-16/h6-13,15,18H,5H2,1-4H3/t15-,18-/m0/s1. The molecule has 0 aliphatic carbocycles. The number of rotatable bonds is 6. The van der Waals surface area contributed by atoms with Gasteiger partial charge in [0.15, 0.2) is 0 Å². The molecular weight excluding hydrogens is 288 g/mol. The Morgan fingerprint density at radius 1 is 1.22 bits per heavy atom. The van der Waals surface area contributed by atoms with Crippen molar-refractivity contribution in [2.45, 2.75) is 32.9 Å². The Kier molecular flexibility index (Phi) is 5.88. The lowest BCUT2D eigenvalue weighted by atomic mass is 9.97. The van der Waals surface area contributed by atoms with E-state index in [0.717, 1.165) is 11.1 Å². The number of hydrogen-bond donors (Lipinski definition) is 0. The van der Waals surface area contributed by atoms with Crippen LogP contribution in [0.4, 0.5) is 0 Å². The van der Waals surface area contributed by atoms with Gasteiger partial charge in [-0.1, -0.05) is 35.9 Å². The van der Waals surface area contributed by atoms with E-state index >= 15 is 0 Å². The summed E-state index contributed by atoms with van der Waals surface area (Å²) < 4.78 is 5.23. The molecule has 0 saturated heterocycles. The summed E-state index contributed by atoms with van der Waals surface area (Å²) >= 11 is 0. The smallest absolute Gasteiger partial charge is 0.252 e. The van der Waals surface area contributed by atoms with Crippen molar-refractivity contribution in [1.82, 2.24) is 9.88 Å². The molecule has 0 aliphatic heterocycles. The third kappa shape index (κ3) is 3.96. The molecule has 1 amide bonds. The minimum absolute atomic E-state index is 0.0237. The van der Waals surface area contributed by atoms with Crippen molar-refractivity contribution < 1.29 is 9.53 Å². The average Bonchev–Trinajstić information content (AvgIpc) is 2.60. The zero-order valence-electron chi connectivity index (χ0n) is 14.2. The molecule has 0 aliphatic rings. The van der Waals surface area contributed by atoms with Crippen molar-refractivity contribution in [3.63, 3.8) is 0 Å². The first kappa shape index (κ1) is 17.2. The van der Waals surface area contributed by atoms with Crippen LogP contribution >= 0.6 is 0 Å². The molecule has 122 valence electrons. The number of carbonyl (C=O) groups is 1. The largest absolute Gasteiger partial charge is 0.372 e. The van der Waals surface area contributed by atoms with Crippen molar-refractivity contribution in [3.8, 4) is 0 Å². The van der Waals surface area contributed by atoms with Crippen LogP contribution in [-0.4, -0.2) is 35.5 Å². The summed E-state index contributed by atoms with van der Waals surface area (Å²) in [6.45, 7) is 6.41. The lowest BCUT2D eigenvalue weighted by Gasteiger charge is -2.33. The molecule has 0 radical (unpaired) electrons. The van der Waals surface area contributed by atoms with Gasteiger partial charge in [0.05, 0.1) is 6.04 Å². The Morgan fingerprint density at radius 3 is 2.43 bits per heavy atom. The Labute approximate surface area is 138 Å². The predicted octanol–water partition coefficient (Wildman–Crippen LogP) is 3.36. The predicted molar refractivity (Wildman–Crippen MR) is 91.1 cm³/mol. The van der Waals surface area contributed by atoms with Crippen LogP contribution in [0.25, 0.3) is 0 Å². The minimum atomic E-state index is -0.473. The summed E-state index contributed by atoms with van der Waals surface area (Å²) in [5.74, 6) is -0.0237. The number of pyridine rings is 1. The number of likely N-dealkylation sites (N-methyl/N-ethyl adjacent to an activating group) is 1. The summed E-state index contributed by atoms with van der Waals surface area (Å²) in [7, 11) is 1.56. The Morgan fingerprint density at radius 2 is 1.91 bits per heavy atom. The number of amides is 1. The van der Waals surface area contributed by atoms with Gasteiger partial charge in [-0.3, -0.25) is 9.78 Å². The molecule has 0 unspecified atom stereocenters. The quantitative estimate of drug-likeness (QED) is 0.821. The van der Waals surface area contributed by atoms with Gasteiger partial charge in [-0.05, 0) is 38.0 Å². The van der Waals surface area contributed by atoms with Gasteiger partial charge in [0.25, 0.3) is 5.91 Å². The fourth-order valence-corrected chi connectivity index (χ4v) is 2.64. The van der Waals surface area contributed by atoms with Gasteiger partial charge < -0.3 is 9.64 Å². The highest BCUT2D eigenvalue weighted by molar-refractivity contribution is 5.81. The van der Waals surface area contributed by atoms with Crippen LogP contribution in [-0.2, 0) is 9.53 Å². The van der Waals surface area contributed by atoms with Gasteiger partial charge in [0, 0.05) is 26.0 Å². The summed E-state index contributed by atoms with van der Waals surface area (Å²) in [6, 6.07) is 12.0. The molecule has 0 spiro atoms. The Hall–Kier alpha value is -2.20. The summed E-state index contributed by atoms with van der Waals surface area (Å²) in [5, 5.41) is 0. The third-order valence-electron chi connectivity index (χ3n) is 4.03. The summed E-state index contributed by atoms with van der Waals surface area (Å²) in [4.78, 5) is 18.8. The second-order valence-corrected chi connectivity index (χ2v) is 5.60. The molecular formula is C19H24N2O2. The summed E-state index contributed by atoms with van der Waals surface area (Å²) in [5.41, 5.74) is 3.26. The van der Waals surface area contributed by atoms with E-state index in [0.29, 0.717) is 6.54 Å². The van der Waals surface area contributed by atoms with Crippen molar-refractivity contribution in [2.24, 2.45) is 0 Å². The van der Waals surface area contributed by atoms with Gasteiger partial charge >= 0.3 is 0 Å². The first-order valence-electron chi connectivity index (χ1n) is 7.88. The lowest BCUT2D eigenvalue weighted by molar-refractivity contribution is -0.142. The number of ether oxygens (including phenoxy) is 1. The molecule has 1 heterocycles. The van der Waals surface area contributed by atoms with Crippen LogP contribution in [0.3, 0.4) is 0 Å². The molecule has 0 fully saturated rings. The molecule has 0 saturated carbocycles. The van der Waals surface area contributed by atoms with E-state index in [4.69, 9.17) is 4.74 Å². The van der Waals surface area contributed by atoms with Crippen LogP contribution in [0.1, 0.15) is 36.6 Å². The van der Waals surface area contributed by atoms with Crippen LogP contribution in [0.15, 0.2) is 48.8 Å². The lowest BCUT2D eigenvalue weighted by Crippen LogP contribution is -2.41. The van der Waals surface area contributed by atoms with Gasteiger partial charge in [0.2, 0.25) is 0 Å². The second kappa shape index (κ2) is 7.88. The first-order valence-corrected chi connectivity index (χ1v) is 7.88. The van der Waals surface area contributed by atoms with E-state index in [2.05, 4.69) is 36.2 Å². The highest BCUT2D eigenvalue weighted by Gasteiger charge is 2.28. The monoisotopic (exact) mass is 312 g/mol. The molecule has 0 bridgehead atoms. The van der Waals surface area contributed by atoms with Crippen LogP contribution < -0.4 is 0 Å². The zero-order chi connectivity index (χ0) is 16.8. The fraction of sp³-hybridized carbons (Fsp3) is 0.368. The number of aromatic nitrogens is 1. The average molecular weight is 312 g/mol. The van der Waals surface area contributed by atoms with E-state index in [1.54, 1.807) is 20.2 Å². The van der Waals surface area contributed by atoms with Crippen LogP contribution in [0, 0.1) is 6.92 Å². The maximum Gasteiger partial charge on any atom is 0.252 e. The third-order valence-corrected chi connectivity index (χ3v) is 4.03. The number of aryl methyl sites for hydroxylation is 1. The van der Waals surface area contributed by atoms with E-state index in [-0.39, 0.29) is 11.9 Å². The highest BCUT2D eigenvalue weighted by Crippen LogP contribution is 2.29. The summed E-state index contributed by atoms with van der Waals surface area (Å²) in [6.07, 6.45) is 3.09. The molecule has 23 heavy (non-hydrogen) atoms. The van der Waals surface area contributed by atoms with Crippen molar-refractivity contribution >= 4 is 5.91 Å². The molecule has 2 rings (SSSR count). The SMILES string of the molecule is CCN(C(=O)[C@H](C)OC)[C@@H](c1ccc(C)cc1)c1cccnc1. The van der Waals surface area contributed by atoms with Crippen molar-refractivity contribution in [2.75, 3.05) is 13.7 Å². The van der Waals surface area contributed by atoms with Gasteiger partial charge in [-0.15, -0.1) is 0 Å². The number of benzene rings is 1. The fourth-order valence-electron chi connectivity index (χ4n) is 2.64. The number of carbonyl (C=O) groups excluding carboxylic acids is 1. The maximum atomic E-state index is 12.7. The zero-order valence-corrected chi connectivity index (χ0v) is 14.2. The number of hydrogen-bond acceptors (Lipinski definition) is 3. The normalized spacial score (nSPS) is 13.4. The minimum Gasteiger partial charge on any atom is -0.372 e. The number of nitrogens with zero attached hydrogens (tertiary/aromatic N) is 2. The molecule has 1 aromatic carbocycles. The highest BCUT2D eigenvalue weighted by atomic mass is 16.5. The molecule has 2 aromatic rings. The van der Waals surface area contributed by atoms with E-state index in [1.165, 1.54) is 5.56 Å².